The van der Waals surface area contributed by atoms with Gasteiger partial charge in [0.15, 0.2) is 11.5 Å². The molecule has 0 saturated heterocycles. The number of amides is 1. The summed E-state index contributed by atoms with van der Waals surface area (Å²) in [7, 11) is 0. The van der Waals surface area contributed by atoms with E-state index in [1.54, 1.807) is 24.8 Å². The van der Waals surface area contributed by atoms with Gasteiger partial charge in [-0.3, -0.25) is 14.2 Å². The van der Waals surface area contributed by atoms with Crippen molar-refractivity contribution in [2.75, 3.05) is 5.32 Å². The number of nitrogens with zero attached hydrogens (tertiary/aromatic N) is 4. The third-order valence-corrected chi connectivity index (χ3v) is 4.44. The molecule has 0 unspecified atom stereocenters. The number of nitrogens with one attached hydrogen (secondary N) is 2. The number of imidazole rings is 1. The Hall–Kier alpha value is -3.74. The van der Waals surface area contributed by atoms with E-state index in [-0.39, 0.29) is 5.91 Å². The summed E-state index contributed by atoms with van der Waals surface area (Å²) in [6.45, 7) is 0.559. The van der Waals surface area contributed by atoms with Crippen molar-refractivity contribution in [2.24, 2.45) is 0 Å². The van der Waals surface area contributed by atoms with Gasteiger partial charge in [0, 0.05) is 36.3 Å². The first kappa shape index (κ1) is 14.6. The third kappa shape index (κ3) is 2.29. The monoisotopic (exact) mass is 342 g/mol. The molecule has 7 heteroatoms. The van der Waals surface area contributed by atoms with Crippen molar-refractivity contribution in [3.8, 4) is 11.3 Å². The minimum absolute atomic E-state index is 0.0199. The van der Waals surface area contributed by atoms with E-state index < -0.39 is 0 Å². The predicted octanol–water partition coefficient (Wildman–Crippen LogP) is 2.78. The van der Waals surface area contributed by atoms with Crippen LogP contribution in [0.15, 0.2) is 61.3 Å². The number of hydrogen-bond donors (Lipinski definition) is 2. The Labute approximate surface area is 148 Å². The molecule has 0 radical (unpaired) electrons. The Balaban J connectivity index is 1.59. The lowest BCUT2D eigenvalue weighted by atomic mass is 10.0. The van der Waals surface area contributed by atoms with E-state index in [0.29, 0.717) is 12.4 Å². The SMILES string of the molecule is O=C1NCc2cc(-c3cnc(Nc4cccnc4)c4nccn34)ccc21. The largest absolute Gasteiger partial charge is 0.348 e. The molecular weight excluding hydrogens is 328 g/mol. The topological polar surface area (TPSA) is 84.2 Å². The van der Waals surface area contributed by atoms with Gasteiger partial charge in [0.1, 0.15) is 0 Å². The molecular formula is C19H14N6O. The Kier molecular flexibility index (Phi) is 3.18. The first-order valence-electron chi connectivity index (χ1n) is 8.20. The van der Waals surface area contributed by atoms with Crippen LogP contribution in [-0.2, 0) is 6.54 Å². The molecule has 1 aliphatic rings. The summed E-state index contributed by atoms with van der Waals surface area (Å²) in [5.41, 5.74) is 5.21. The fourth-order valence-electron chi connectivity index (χ4n) is 3.19. The Morgan fingerprint density at radius 1 is 1.12 bits per heavy atom. The van der Waals surface area contributed by atoms with Crippen LogP contribution in [0.4, 0.5) is 11.5 Å². The maximum absolute atomic E-state index is 11.8. The van der Waals surface area contributed by atoms with Crippen molar-refractivity contribution in [3.05, 3.63) is 72.4 Å². The fraction of sp³-hybridized carbons (Fsp3) is 0.0526. The van der Waals surface area contributed by atoms with Crippen LogP contribution in [0.2, 0.25) is 0 Å². The molecule has 4 heterocycles. The van der Waals surface area contributed by atoms with Gasteiger partial charge in [0.2, 0.25) is 0 Å². The third-order valence-electron chi connectivity index (χ3n) is 4.44. The van der Waals surface area contributed by atoms with Gasteiger partial charge in [-0.15, -0.1) is 0 Å². The molecule has 26 heavy (non-hydrogen) atoms. The number of rotatable bonds is 3. The van der Waals surface area contributed by atoms with Crippen molar-refractivity contribution in [1.29, 1.82) is 0 Å². The van der Waals surface area contributed by atoms with E-state index in [1.165, 1.54) is 0 Å². The molecule has 126 valence electrons. The molecule has 2 N–H and O–H groups in total. The van der Waals surface area contributed by atoms with Crippen LogP contribution in [-0.4, -0.2) is 25.3 Å². The maximum Gasteiger partial charge on any atom is 0.251 e. The average molecular weight is 342 g/mol. The van der Waals surface area contributed by atoms with Crippen LogP contribution in [0.25, 0.3) is 16.9 Å². The smallest absolute Gasteiger partial charge is 0.251 e. The van der Waals surface area contributed by atoms with Crippen LogP contribution in [0, 0.1) is 0 Å². The molecule has 7 nitrogen and oxygen atoms in total. The standard InChI is InChI=1S/C19H14N6O/c26-19-15-4-3-12(8-13(15)9-23-19)16-11-22-17(18-21-6-7-25(16)18)24-14-2-1-5-20-10-14/h1-8,10-11H,9H2,(H,22,24)(H,23,26). The normalized spacial score (nSPS) is 12.8. The zero-order valence-electron chi connectivity index (χ0n) is 13.7. The molecule has 1 aliphatic heterocycles. The van der Waals surface area contributed by atoms with Crippen LogP contribution < -0.4 is 10.6 Å². The number of fused-ring (bicyclic) bond motifs is 2. The van der Waals surface area contributed by atoms with Crippen molar-refractivity contribution in [1.82, 2.24) is 24.7 Å². The molecule has 1 amide bonds. The Morgan fingerprint density at radius 3 is 2.96 bits per heavy atom. The van der Waals surface area contributed by atoms with E-state index in [9.17, 15) is 4.79 Å². The minimum atomic E-state index is -0.0199. The highest BCUT2D eigenvalue weighted by Crippen LogP contribution is 2.27. The van der Waals surface area contributed by atoms with E-state index in [0.717, 1.165) is 33.7 Å². The van der Waals surface area contributed by atoms with E-state index in [2.05, 4.69) is 25.6 Å². The van der Waals surface area contributed by atoms with E-state index in [1.807, 2.05) is 40.9 Å². The summed E-state index contributed by atoms with van der Waals surface area (Å²) < 4.78 is 1.98. The van der Waals surface area contributed by atoms with Gasteiger partial charge in [0.25, 0.3) is 5.91 Å². The zero-order chi connectivity index (χ0) is 17.5. The Morgan fingerprint density at radius 2 is 2.08 bits per heavy atom. The van der Waals surface area contributed by atoms with Crippen molar-refractivity contribution >= 4 is 23.1 Å². The van der Waals surface area contributed by atoms with Gasteiger partial charge in [0.05, 0.1) is 23.8 Å². The molecule has 0 atom stereocenters. The number of benzene rings is 1. The highest BCUT2D eigenvalue weighted by molar-refractivity contribution is 5.98. The van der Waals surface area contributed by atoms with Crippen molar-refractivity contribution in [2.45, 2.75) is 6.54 Å². The van der Waals surface area contributed by atoms with Gasteiger partial charge >= 0.3 is 0 Å². The van der Waals surface area contributed by atoms with E-state index in [4.69, 9.17) is 0 Å². The average Bonchev–Trinajstić information content (AvgIpc) is 3.30. The number of anilines is 2. The van der Waals surface area contributed by atoms with Gasteiger partial charge < -0.3 is 10.6 Å². The number of aromatic nitrogens is 4. The van der Waals surface area contributed by atoms with Gasteiger partial charge in [-0.05, 0) is 29.8 Å². The highest BCUT2D eigenvalue weighted by Gasteiger charge is 2.19. The second-order valence-electron chi connectivity index (χ2n) is 6.03. The number of pyridine rings is 1. The highest BCUT2D eigenvalue weighted by atomic mass is 16.1. The number of carbonyl (C=O) groups excluding carboxylic acids is 1. The van der Waals surface area contributed by atoms with Crippen LogP contribution in [0.3, 0.4) is 0 Å². The number of hydrogen-bond acceptors (Lipinski definition) is 5. The summed E-state index contributed by atoms with van der Waals surface area (Å²) in [6.07, 6.45) is 8.91. The summed E-state index contributed by atoms with van der Waals surface area (Å²) in [5, 5.41) is 6.09. The first-order chi connectivity index (χ1) is 12.8. The summed E-state index contributed by atoms with van der Waals surface area (Å²) >= 11 is 0. The lowest BCUT2D eigenvalue weighted by molar-refractivity contribution is 0.0966. The quantitative estimate of drug-likeness (QED) is 0.598. The lowest BCUT2D eigenvalue weighted by Gasteiger charge is -2.11. The molecule has 4 aromatic rings. The summed E-state index contributed by atoms with van der Waals surface area (Å²) in [4.78, 5) is 24.8. The summed E-state index contributed by atoms with van der Waals surface area (Å²) in [6, 6.07) is 9.61. The molecule has 1 aromatic carbocycles. The zero-order valence-corrected chi connectivity index (χ0v) is 13.7. The van der Waals surface area contributed by atoms with Gasteiger partial charge in [-0.25, -0.2) is 9.97 Å². The molecule has 0 saturated carbocycles. The molecule has 3 aromatic heterocycles. The second-order valence-corrected chi connectivity index (χ2v) is 6.03. The fourth-order valence-corrected chi connectivity index (χ4v) is 3.19. The maximum atomic E-state index is 11.8. The molecule has 5 rings (SSSR count). The molecule has 0 bridgehead atoms. The van der Waals surface area contributed by atoms with Crippen LogP contribution in [0.5, 0.6) is 0 Å². The minimum Gasteiger partial charge on any atom is -0.348 e. The van der Waals surface area contributed by atoms with Crippen molar-refractivity contribution < 1.29 is 4.79 Å². The molecule has 0 aliphatic carbocycles. The lowest BCUT2D eigenvalue weighted by Crippen LogP contribution is -2.12. The van der Waals surface area contributed by atoms with E-state index >= 15 is 0 Å². The first-order valence-corrected chi connectivity index (χ1v) is 8.20. The number of carbonyl (C=O) groups is 1. The second kappa shape index (κ2) is 5.66. The van der Waals surface area contributed by atoms with Gasteiger partial charge in [-0.2, -0.15) is 0 Å². The van der Waals surface area contributed by atoms with Gasteiger partial charge in [-0.1, -0.05) is 6.07 Å². The molecule has 0 fully saturated rings. The predicted molar refractivity (Wildman–Crippen MR) is 97.1 cm³/mol. The summed E-state index contributed by atoms with van der Waals surface area (Å²) in [5.74, 6) is 0.637. The van der Waals surface area contributed by atoms with Crippen molar-refractivity contribution in [3.63, 3.8) is 0 Å². The Bertz CT molecular complexity index is 1140. The van der Waals surface area contributed by atoms with Crippen LogP contribution in [0.1, 0.15) is 15.9 Å². The molecule has 0 spiro atoms. The van der Waals surface area contributed by atoms with Crippen LogP contribution >= 0.6 is 0 Å².